The summed E-state index contributed by atoms with van der Waals surface area (Å²) in [6.07, 6.45) is 1.84. The summed E-state index contributed by atoms with van der Waals surface area (Å²) in [5, 5.41) is 0. The van der Waals surface area contributed by atoms with Crippen molar-refractivity contribution in [2.75, 3.05) is 6.61 Å². The summed E-state index contributed by atoms with van der Waals surface area (Å²) < 4.78 is 5.54. The zero-order chi connectivity index (χ0) is 8.81. The van der Waals surface area contributed by atoms with Gasteiger partial charge in [-0.1, -0.05) is 25.1 Å². The second-order valence-electron chi connectivity index (χ2n) is 2.71. The largest absolute Gasteiger partial charge is 0.493 e. The second kappa shape index (κ2) is 7.14. The van der Waals surface area contributed by atoms with Gasteiger partial charge in [-0.2, -0.15) is 6.42 Å². The van der Waals surface area contributed by atoms with E-state index in [1.54, 1.807) is 0 Å². The van der Waals surface area contributed by atoms with E-state index in [1.807, 2.05) is 18.2 Å². The first-order valence-corrected chi connectivity index (χ1v) is 4.38. The third-order valence-corrected chi connectivity index (χ3v) is 1.70. The molecule has 0 aliphatic carbocycles. The third kappa shape index (κ3) is 3.95. The van der Waals surface area contributed by atoms with E-state index in [0.29, 0.717) is 0 Å². The number of benzene rings is 1. The van der Waals surface area contributed by atoms with Crippen molar-refractivity contribution < 1.29 is 25.8 Å². The van der Waals surface area contributed by atoms with Gasteiger partial charge < -0.3 is 11.7 Å². The van der Waals surface area contributed by atoms with Crippen LogP contribution in [0.25, 0.3) is 0 Å². The first kappa shape index (κ1) is 12.7. The Kier molecular flexibility index (Phi) is 6.98. The molecule has 0 N–H and O–H groups in total. The monoisotopic (exact) mass is 347 g/mol. The molecule has 1 rings (SSSR count). The van der Waals surface area contributed by atoms with Crippen LogP contribution in [-0.2, 0) is 27.5 Å². The minimum Gasteiger partial charge on any atom is -0.493 e. The van der Waals surface area contributed by atoms with E-state index in [0.717, 1.165) is 25.2 Å². The minimum absolute atomic E-state index is 0. The quantitative estimate of drug-likeness (QED) is 0.762. The van der Waals surface area contributed by atoms with E-state index < -0.39 is 0 Å². The molecule has 0 amide bonds. The number of ether oxygens (including phenoxy) is 1. The first-order valence-electron chi connectivity index (χ1n) is 4.38. The molecule has 0 spiro atoms. The molecular formula is C11H15OW-. The standard InChI is InChI=1S/C11H15O.W/c1-3-9-12-11-8-6-5-7-10(11)4-2;/h5-8H,2-4,9H2,1H3;/q-1;. The smallest absolute Gasteiger partial charge is 0.119 e. The molecule has 72 valence electrons. The van der Waals surface area contributed by atoms with Gasteiger partial charge in [-0.3, -0.25) is 0 Å². The fraction of sp³-hybridized carbons (Fsp3) is 0.364. The number of hydrogen-bond donors (Lipinski definition) is 0. The Morgan fingerprint density at radius 3 is 2.62 bits per heavy atom. The maximum absolute atomic E-state index is 5.54. The van der Waals surface area contributed by atoms with Gasteiger partial charge in [0.25, 0.3) is 0 Å². The molecule has 0 aliphatic heterocycles. The van der Waals surface area contributed by atoms with Crippen molar-refractivity contribution in [2.24, 2.45) is 0 Å². The van der Waals surface area contributed by atoms with Gasteiger partial charge >= 0.3 is 0 Å². The number of rotatable bonds is 4. The van der Waals surface area contributed by atoms with Crippen LogP contribution in [0.3, 0.4) is 0 Å². The van der Waals surface area contributed by atoms with Gasteiger partial charge in [0.15, 0.2) is 0 Å². The average Bonchev–Trinajstić information content (AvgIpc) is 2.15. The average molecular weight is 347 g/mol. The molecule has 0 saturated carbocycles. The normalized spacial score (nSPS) is 9.08. The summed E-state index contributed by atoms with van der Waals surface area (Å²) in [6, 6.07) is 8.05. The van der Waals surface area contributed by atoms with Crippen LogP contribution in [0.15, 0.2) is 24.3 Å². The van der Waals surface area contributed by atoms with Crippen LogP contribution in [0.2, 0.25) is 0 Å². The molecule has 0 aliphatic rings. The van der Waals surface area contributed by atoms with Crippen LogP contribution >= 0.6 is 0 Å². The van der Waals surface area contributed by atoms with E-state index in [9.17, 15) is 0 Å². The molecule has 1 aromatic carbocycles. The predicted molar refractivity (Wildman–Crippen MR) is 51.3 cm³/mol. The fourth-order valence-electron chi connectivity index (χ4n) is 1.06. The molecule has 0 saturated heterocycles. The van der Waals surface area contributed by atoms with Gasteiger partial charge in [0.05, 0.1) is 6.61 Å². The summed E-state index contributed by atoms with van der Waals surface area (Å²) in [7, 11) is 0. The summed E-state index contributed by atoms with van der Waals surface area (Å²) in [5.41, 5.74) is 1.19. The molecule has 0 fully saturated rings. The van der Waals surface area contributed by atoms with E-state index >= 15 is 0 Å². The summed E-state index contributed by atoms with van der Waals surface area (Å²) in [5.74, 6) is 0.981. The zero-order valence-corrected chi connectivity index (χ0v) is 10.9. The SMILES string of the molecule is [CH2-]Cc1ccccc1OCCC.[W]. The molecule has 1 aromatic rings. The summed E-state index contributed by atoms with van der Waals surface area (Å²) in [4.78, 5) is 0. The Labute approximate surface area is 94.8 Å². The predicted octanol–water partition coefficient (Wildman–Crippen LogP) is 2.85. The Morgan fingerprint density at radius 1 is 1.31 bits per heavy atom. The minimum atomic E-state index is 0. The van der Waals surface area contributed by atoms with E-state index in [2.05, 4.69) is 19.9 Å². The van der Waals surface area contributed by atoms with Crippen LogP contribution in [0.4, 0.5) is 0 Å². The van der Waals surface area contributed by atoms with Crippen molar-refractivity contribution in [1.29, 1.82) is 0 Å². The summed E-state index contributed by atoms with van der Waals surface area (Å²) >= 11 is 0. The zero-order valence-electron chi connectivity index (χ0n) is 7.95. The van der Waals surface area contributed by atoms with Gasteiger partial charge in [-0.15, -0.1) is 0 Å². The molecule has 13 heavy (non-hydrogen) atoms. The molecule has 0 atom stereocenters. The van der Waals surface area contributed by atoms with Gasteiger partial charge in [0.1, 0.15) is 5.75 Å². The molecule has 0 aromatic heterocycles. The van der Waals surface area contributed by atoms with Crippen molar-refractivity contribution in [3.05, 3.63) is 36.8 Å². The fourth-order valence-corrected chi connectivity index (χ4v) is 1.06. The second-order valence-corrected chi connectivity index (χ2v) is 2.71. The van der Waals surface area contributed by atoms with Gasteiger partial charge in [0.2, 0.25) is 0 Å². The maximum atomic E-state index is 5.54. The van der Waals surface area contributed by atoms with Crippen LogP contribution in [0, 0.1) is 6.92 Å². The molecule has 0 unspecified atom stereocenters. The maximum Gasteiger partial charge on any atom is 0.119 e. The molecule has 0 heterocycles. The van der Waals surface area contributed by atoms with Crippen molar-refractivity contribution in [2.45, 2.75) is 19.8 Å². The van der Waals surface area contributed by atoms with Gasteiger partial charge in [0, 0.05) is 21.1 Å². The molecule has 0 radical (unpaired) electrons. The van der Waals surface area contributed by atoms with Crippen molar-refractivity contribution in [1.82, 2.24) is 0 Å². The third-order valence-electron chi connectivity index (χ3n) is 1.70. The van der Waals surface area contributed by atoms with Crippen LogP contribution < -0.4 is 4.74 Å². The summed E-state index contributed by atoms with van der Waals surface area (Å²) in [6.45, 7) is 6.74. The van der Waals surface area contributed by atoms with Crippen molar-refractivity contribution in [3.63, 3.8) is 0 Å². The van der Waals surface area contributed by atoms with Crippen LogP contribution in [-0.4, -0.2) is 6.61 Å². The molecule has 2 heteroatoms. The number of hydrogen-bond acceptors (Lipinski definition) is 1. The van der Waals surface area contributed by atoms with Crippen LogP contribution in [0.1, 0.15) is 18.9 Å². The molecular weight excluding hydrogens is 332 g/mol. The van der Waals surface area contributed by atoms with Crippen molar-refractivity contribution in [3.8, 4) is 5.75 Å². The number of para-hydroxylation sites is 1. The van der Waals surface area contributed by atoms with E-state index in [-0.39, 0.29) is 21.1 Å². The topological polar surface area (TPSA) is 9.23 Å². The van der Waals surface area contributed by atoms with Crippen LogP contribution in [0.5, 0.6) is 5.75 Å². The van der Waals surface area contributed by atoms with Crippen molar-refractivity contribution >= 4 is 0 Å². The van der Waals surface area contributed by atoms with Gasteiger partial charge in [-0.05, 0) is 18.1 Å². The first-order chi connectivity index (χ1) is 5.88. The molecule has 0 bridgehead atoms. The Hall–Kier alpha value is -0.292. The Balaban J connectivity index is 0.00000144. The van der Waals surface area contributed by atoms with Gasteiger partial charge in [-0.25, -0.2) is 0 Å². The Bertz CT molecular complexity index is 235. The van der Waals surface area contributed by atoms with E-state index in [1.165, 1.54) is 5.56 Å². The van der Waals surface area contributed by atoms with E-state index in [4.69, 9.17) is 4.74 Å². The molecule has 1 nitrogen and oxygen atoms in total. The Morgan fingerprint density at radius 2 is 2.00 bits per heavy atom.